The number of hydrogen-bond acceptors (Lipinski definition) is 3. The highest BCUT2D eigenvalue weighted by molar-refractivity contribution is 7.99. The van der Waals surface area contributed by atoms with Gasteiger partial charge in [0.1, 0.15) is 5.82 Å². The van der Waals surface area contributed by atoms with E-state index in [9.17, 15) is 0 Å². The van der Waals surface area contributed by atoms with Crippen molar-refractivity contribution in [3.8, 4) is 0 Å². The molecule has 17 heavy (non-hydrogen) atoms. The molecule has 88 valence electrons. The number of benzene rings is 1. The highest BCUT2D eigenvalue weighted by atomic mass is 35.5. The number of rotatable bonds is 4. The van der Waals surface area contributed by atoms with Gasteiger partial charge in [0.2, 0.25) is 0 Å². The molecule has 0 fully saturated rings. The standard InChI is InChI=1S/C13H13ClN2S/c1-2-15-13-9-10(7-8-16-13)17-12-6-4-3-5-11(12)14/h3-9H,2H2,1H3,(H,15,16). The minimum absolute atomic E-state index is 0.777. The second kappa shape index (κ2) is 5.94. The maximum atomic E-state index is 6.12. The van der Waals surface area contributed by atoms with Crippen LogP contribution in [0.15, 0.2) is 52.4 Å². The van der Waals surface area contributed by atoms with Crippen molar-refractivity contribution < 1.29 is 0 Å². The fraction of sp³-hybridized carbons (Fsp3) is 0.154. The first kappa shape index (κ1) is 12.3. The van der Waals surface area contributed by atoms with E-state index in [0.717, 1.165) is 27.2 Å². The van der Waals surface area contributed by atoms with Gasteiger partial charge in [-0.3, -0.25) is 0 Å². The van der Waals surface area contributed by atoms with E-state index in [1.165, 1.54) is 0 Å². The Balaban J connectivity index is 2.18. The average Bonchev–Trinajstić information content (AvgIpc) is 2.33. The van der Waals surface area contributed by atoms with Crippen LogP contribution in [0.5, 0.6) is 0 Å². The Bertz CT molecular complexity index is 502. The molecule has 1 aromatic heterocycles. The van der Waals surface area contributed by atoms with E-state index in [4.69, 9.17) is 11.6 Å². The monoisotopic (exact) mass is 264 g/mol. The van der Waals surface area contributed by atoms with Gasteiger partial charge in [-0.15, -0.1) is 0 Å². The van der Waals surface area contributed by atoms with Crippen LogP contribution in [-0.4, -0.2) is 11.5 Å². The minimum atomic E-state index is 0.777. The molecule has 1 aromatic carbocycles. The summed E-state index contributed by atoms with van der Waals surface area (Å²) in [5.74, 6) is 0.893. The molecular weight excluding hydrogens is 252 g/mol. The summed E-state index contributed by atoms with van der Waals surface area (Å²) in [4.78, 5) is 6.42. The van der Waals surface area contributed by atoms with Gasteiger partial charge in [-0.25, -0.2) is 4.98 Å². The lowest BCUT2D eigenvalue weighted by atomic mass is 10.4. The summed E-state index contributed by atoms with van der Waals surface area (Å²) < 4.78 is 0. The number of halogens is 1. The molecule has 0 spiro atoms. The van der Waals surface area contributed by atoms with E-state index in [1.807, 2.05) is 36.4 Å². The normalized spacial score (nSPS) is 10.2. The number of aromatic nitrogens is 1. The maximum absolute atomic E-state index is 6.12. The quantitative estimate of drug-likeness (QED) is 0.890. The highest BCUT2D eigenvalue weighted by Crippen LogP contribution is 2.33. The fourth-order valence-electron chi connectivity index (χ4n) is 1.41. The Morgan fingerprint density at radius 3 is 2.88 bits per heavy atom. The van der Waals surface area contributed by atoms with Crippen molar-refractivity contribution in [1.82, 2.24) is 4.98 Å². The molecule has 2 nitrogen and oxygen atoms in total. The Morgan fingerprint density at radius 2 is 2.12 bits per heavy atom. The van der Waals surface area contributed by atoms with Crippen molar-refractivity contribution >= 4 is 29.2 Å². The Morgan fingerprint density at radius 1 is 1.29 bits per heavy atom. The number of hydrogen-bond donors (Lipinski definition) is 1. The molecule has 1 heterocycles. The van der Waals surface area contributed by atoms with E-state index >= 15 is 0 Å². The summed E-state index contributed by atoms with van der Waals surface area (Å²) in [6.07, 6.45) is 1.80. The minimum Gasteiger partial charge on any atom is -0.370 e. The summed E-state index contributed by atoms with van der Waals surface area (Å²) >= 11 is 7.77. The zero-order valence-corrected chi connectivity index (χ0v) is 11.1. The van der Waals surface area contributed by atoms with Crippen LogP contribution < -0.4 is 5.32 Å². The van der Waals surface area contributed by atoms with Gasteiger partial charge >= 0.3 is 0 Å². The molecule has 0 saturated carbocycles. The van der Waals surface area contributed by atoms with Gasteiger partial charge in [0, 0.05) is 22.5 Å². The van der Waals surface area contributed by atoms with Crippen LogP contribution in [0.4, 0.5) is 5.82 Å². The zero-order valence-electron chi connectivity index (χ0n) is 9.48. The van der Waals surface area contributed by atoms with Gasteiger partial charge in [-0.1, -0.05) is 35.5 Å². The van der Waals surface area contributed by atoms with Crippen molar-refractivity contribution in [3.05, 3.63) is 47.6 Å². The molecule has 0 aliphatic rings. The largest absolute Gasteiger partial charge is 0.370 e. The van der Waals surface area contributed by atoms with Crippen LogP contribution in [0.1, 0.15) is 6.92 Å². The van der Waals surface area contributed by atoms with E-state index in [1.54, 1.807) is 18.0 Å². The Labute approximate surface area is 110 Å². The van der Waals surface area contributed by atoms with E-state index in [2.05, 4.69) is 17.2 Å². The summed E-state index contributed by atoms with van der Waals surface area (Å²) in [6, 6.07) is 11.8. The third kappa shape index (κ3) is 3.38. The van der Waals surface area contributed by atoms with Crippen molar-refractivity contribution in [2.24, 2.45) is 0 Å². The second-order valence-corrected chi connectivity index (χ2v) is 4.96. The lowest BCUT2D eigenvalue weighted by molar-refractivity contribution is 1.14. The fourth-order valence-corrected chi connectivity index (χ4v) is 2.52. The maximum Gasteiger partial charge on any atom is 0.126 e. The summed E-state index contributed by atoms with van der Waals surface area (Å²) in [5.41, 5.74) is 0. The summed E-state index contributed by atoms with van der Waals surface area (Å²) in [7, 11) is 0. The smallest absolute Gasteiger partial charge is 0.126 e. The van der Waals surface area contributed by atoms with Gasteiger partial charge in [0.15, 0.2) is 0 Å². The van der Waals surface area contributed by atoms with Gasteiger partial charge in [0.05, 0.1) is 5.02 Å². The number of pyridine rings is 1. The lowest BCUT2D eigenvalue weighted by Crippen LogP contribution is -1.98. The molecule has 2 rings (SSSR count). The molecule has 1 N–H and O–H groups in total. The SMILES string of the molecule is CCNc1cc(Sc2ccccc2Cl)ccn1. The Hall–Kier alpha value is -1.19. The predicted molar refractivity (Wildman–Crippen MR) is 74.0 cm³/mol. The third-order valence-corrected chi connectivity index (χ3v) is 3.66. The molecule has 0 radical (unpaired) electrons. The molecule has 4 heteroatoms. The molecule has 0 saturated heterocycles. The van der Waals surface area contributed by atoms with Crippen molar-refractivity contribution in [1.29, 1.82) is 0 Å². The number of nitrogens with one attached hydrogen (secondary N) is 1. The molecule has 0 aliphatic heterocycles. The van der Waals surface area contributed by atoms with Gasteiger partial charge in [-0.2, -0.15) is 0 Å². The summed E-state index contributed by atoms with van der Waals surface area (Å²) in [6.45, 7) is 2.92. The van der Waals surface area contributed by atoms with Crippen LogP contribution in [-0.2, 0) is 0 Å². The van der Waals surface area contributed by atoms with Crippen LogP contribution >= 0.6 is 23.4 Å². The van der Waals surface area contributed by atoms with Gasteiger partial charge < -0.3 is 5.32 Å². The topological polar surface area (TPSA) is 24.9 Å². The van der Waals surface area contributed by atoms with Crippen molar-refractivity contribution in [2.45, 2.75) is 16.7 Å². The summed E-state index contributed by atoms with van der Waals surface area (Å²) in [5, 5.41) is 3.97. The highest BCUT2D eigenvalue weighted by Gasteiger charge is 2.02. The van der Waals surface area contributed by atoms with Crippen LogP contribution in [0, 0.1) is 0 Å². The van der Waals surface area contributed by atoms with E-state index in [0.29, 0.717) is 0 Å². The van der Waals surface area contributed by atoms with E-state index < -0.39 is 0 Å². The molecule has 0 aliphatic carbocycles. The molecule has 2 aromatic rings. The van der Waals surface area contributed by atoms with Gasteiger partial charge in [0.25, 0.3) is 0 Å². The number of nitrogens with zero attached hydrogens (tertiary/aromatic N) is 1. The predicted octanol–water partition coefficient (Wildman–Crippen LogP) is 4.32. The van der Waals surface area contributed by atoms with Gasteiger partial charge in [-0.05, 0) is 31.2 Å². The first-order chi connectivity index (χ1) is 8.29. The van der Waals surface area contributed by atoms with Crippen molar-refractivity contribution in [3.63, 3.8) is 0 Å². The van der Waals surface area contributed by atoms with Crippen LogP contribution in [0.3, 0.4) is 0 Å². The molecule has 0 unspecified atom stereocenters. The third-order valence-electron chi connectivity index (χ3n) is 2.15. The number of anilines is 1. The zero-order chi connectivity index (χ0) is 12.1. The second-order valence-electron chi connectivity index (χ2n) is 3.44. The van der Waals surface area contributed by atoms with Crippen molar-refractivity contribution in [2.75, 3.05) is 11.9 Å². The Kier molecular flexibility index (Phi) is 4.29. The van der Waals surface area contributed by atoms with Crippen LogP contribution in [0.25, 0.3) is 0 Å². The first-order valence-corrected chi connectivity index (χ1v) is 6.61. The molecule has 0 atom stereocenters. The lowest BCUT2D eigenvalue weighted by Gasteiger charge is -2.06. The molecule has 0 bridgehead atoms. The average molecular weight is 265 g/mol. The molecule has 0 amide bonds. The van der Waals surface area contributed by atoms with E-state index in [-0.39, 0.29) is 0 Å². The molecular formula is C13H13ClN2S. The first-order valence-electron chi connectivity index (χ1n) is 5.42. The van der Waals surface area contributed by atoms with Crippen LogP contribution in [0.2, 0.25) is 5.02 Å².